The van der Waals surface area contributed by atoms with Crippen LogP contribution in [0.15, 0.2) is 6.07 Å². The topological polar surface area (TPSA) is 24.9 Å². The number of halogens is 3. The highest BCUT2D eigenvalue weighted by Gasteiger charge is 2.27. The molecule has 2 nitrogen and oxygen atoms in total. The number of nitrogens with zero attached hydrogens (tertiary/aromatic N) is 1. The Morgan fingerprint density at radius 1 is 1.27 bits per heavy atom. The quantitative estimate of drug-likeness (QED) is 0.809. The van der Waals surface area contributed by atoms with Gasteiger partial charge in [-0.1, -0.05) is 41.7 Å². The molecule has 1 N–H and O–H groups in total. The average molecular weight is 266 g/mol. The first-order chi connectivity index (χ1) is 7.08. The molecule has 2 atom stereocenters. The fraction of sp³-hybridized carbons (Fsp3) is 0.500. The summed E-state index contributed by atoms with van der Waals surface area (Å²) in [6.07, 6.45) is 2.40. The van der Waals surface area contributed by atoms with Gasteiger partial charge in [0.25, 0.3) is 0 Å². The van der Waals surface area contributed by atoms with Gasteiger partial charge < -0.3 is 5.32 Å². The van der Waals surface area contributed by atoms with E-state index >= 15 is 0 Å². The maximum atomic E-state index is 6.01. The Morgan fingerprint density at radius 2 is 2.00 bits per heavy atom. The van der Waals surface area contributed by atoms with Crippen LogP contribution in [-0.4, -0.2) is 11.0 Å². The van der Waals surface area contributed by atoms with Crippen molar-refractivity contribution < 1.29 is 0 Å². The SMILES string of the molecule is CC1CCC1Nc1nc(Cl)c(Cl)cc1Cl. The molecule has 5 heteroatoms. The van der Waals surface area contributed by atoms with E-state index in [0.717, 1.165) is 6.42 Å². The van der Waals surface area contributed by atoms with E-state index in [1.54, 1.807) is 6.07 Å². The van der Waals surface area contributed by atoms with Crippen molar-refractivity contribution in [2.24, 2.45) is 5.92 Å². The van der Waals surface area contributed by atoms with Crippen molar-refractivity contribution in [3.63, 3.8) is 0 Å². The first-order valence-corrected chi connectivity index (χ1v) is 5.99. The molecule has 1 aliphatic carbocycles. The van der Waals surface area contributed by atoms with E-state index in [1.165, 1.54) is 6.42 Å². The number of nitrogens with one attached hydrogen (secondary N) is 1. The van der Waals surface area contributed by atoms with Crippen LogP contribution >= 0.6 is 34.8 Å². The van der Waals surface area contributed by atoms with E-state index in [0.29, 0.717) is 27.8 Å². The summed E-state index contributed by atoms with van der Waals surface area (Å²) >= 11 is 17.6. The Morgan fingerprint density at radius 3 is 2.53 bits per heavy atom. The van der Waals surface area contributed by atoms with Crippen molar-refractivity contribution in [1.82, 2.24) is 4.98 Å². The molecule has 0 radical (unpaired) electrons. The van der Waals surface area contributed by atoms with Crippen LogP contribution in [0.4, 0.5) is 5.82 Å². The van der Waals surface area contributed by atoms with Gasteiger partial charge in [0.2, 0.25) is 0 Å². The molecule has 0 amide bonds. The molecule has 1 aromatic rings. The molecule has 15 heavy (non-hydrogen) atoms. The summed E-state index contributed by atoms with van der Waals surface area (Å²) in [5.74, 6) is 1.29. The molecule has 0 aromatic carbocycles. The van der Waals surface area contributed by atoms with E-state index in [9.17, 15) is 0 Å². The van der Waals surface area contributed by atoms with E-state index < -0.39 is 0 Å². The zero-order valence-electron chi connectivity index (χ0n) is 8.23. The second kappa shape index (κ2) is 4.36. The summed E-state index contributed by atoms with van der Waals surface area (Å²) < 4.78 is 0. The summed E-state index contributed by atoms with van der Waals surface area (Å²) in [6.45, 7) is 2.20. The second-order valence-electron chi connectivity index (χ2n) is 3.90. The monoisotopic (exact) mass is 264 g/mol. The van der Waals surface area contributed by atoms with Gasteiger partial charge in [-0.05, 0) is 24.8 Å². The number of aromatic nitrogens is 1. The van der Waals surface area contributed by atoms with E-state index in [1.807, 2.05) is 0 Å². The summed E-state index contributed by atoms with van der Waals surface area (Å²) in [6, 6.07) is 2.07. The highest BCUT2D eigenvalue weighted by Crippen LogP contribution is 2.34. The van der Waals surface area contributed by atoms with Gasteiger partial charge in [-0.15, -0.1) is 0 Å². The summed E-state index contributed by atoms with van der Waals surface area (Å²) in [4.78, 5) is 4.12. The second-order valence-corrected chi connectivity index (χ2v) is 5.07. The molecule has 82 valence electrons. The molecule has 1 heterocycles. The Bertz CT molecular complexity index is 381. The van der Waals surface area contributed by atoms with Gasteiger partial charge in [0.15, 0.2) is 0 Å². The Labute approximate surface area is 104 Å². The molecule has 1 aromatic heterocycles. The van der Waals surface area contributed by atoms with Crippen LogP contribution in [0.2, 0.25) is 15.2 Å². The minimum Gasteiger partial charge on any atom is -0.366 e. The summed E-state index contributed by atoms with van der Waals surface area (Å²) in [5, 5.41) is 4.47. The van der Waals surface area contributed by atoms with Gasteiger partial charge in [-0.2, -0.15) is 0 Å². The first kappa shape index (κ1) is 11.3. The summed E-state index contributed by atoms with van der Waals surface area (Å²) in [5.41, 5.74) is 0. The first-order valence-electron chi connectivity index (χ1n) is 4.86. The number of anilines is 1. The normalized spacial score (nSPS) is 24.8. The number of hydrogen-bond donors (Lipinski definition) is 1. The zero-order valence-corrected chi connectivity index (χ0v) is 10.5. The van der Waals surface area contributed by atoms with Crippen molar-refractivity contribution in [3.05, 3.63) is 21.3 Å². The molecule has 2 rings (SSSR count). The molecule has 0 saturated heterocycles. The highest BCUT2D eigenvalue weighted by atomic mass is 35.5. The lowest BCUT2D eigenvalue weighted by molar-refractivity contribution is 0.303. The Hall–Kier alpha value is -0.180. The third-order valence-electron chi connectivity index (χ3n) is 2.83. The third-order valence-corrected chi connectivity index (χ3v) is 3.79. The van der Waals surface area contributed by atoms with Gasteiger partial charge in [-0.25, -0.2) is 4.98 Å². The van der Waals surface area contributed by atoms with Crippen LogP contribution < -0.4 is 5.32 Å². The average Bonchev–Trinajstić information content (AvgIpc) is 2.19. The van der Waals surface area contributed by atoms with Crippen LogP contribution in [0.1, 0.15) is 19.8 Å². The van der Waals surface area contributed by atoms with Crippen molar-refractivity contribution >= 4 is 40.6 Å². The molecule has 1 saturated carbocycles. The number of hydrogen-bond acceptors (Lipinski definition) is 2. The third kappa shape index (κ3) is 2.32. The smallest absolute Gasteiger partial charge is 0.150 e. The fourth-order valence-corrected chi connectivity index (χ4v) is 2.15. The van der Waals surface area contributed by atoms with Crippen molar-refractivity contribution in [2.45, 2.75) is 25.8 Å². The van der Waals surface area contributed by atoms with Crippen LogP contribution in [0.3, 0.4) is 0 Å². The minimum absolute atomic E-state index is 0.288. The minimum atomic E-state index is 0.288. The van der Waals surface area contributed by atoms with Crippen molar-refractivity contribution in [3.8, 4) is 0 Å². The molecule has 0 bridgehead atoms. The van der Waals surface area contributed by atoms with Gasteiger partial charge in [0.05, 0.1) is 10.0 Å². The van der Waals surface area contributed by atoms with Crippen LogP contribution in [0.5, 0.6) is 0 Å². The van der Waals surface area contributed by atoms with E-state index in [4.69, 9.17) is 34.8 Å². The van der Waals surface area contributed by atoms with Gasteiger partial charge >= 0.3 is 0 Å². The standard InChI is InChI=1S/C10H11Cl3N2/c1-5-2-3-8(5)14-10-7(12)4-6(11)9(13)15-10/h4-5,8H,2-3H2,1H3,(H,14,15). The van der Waals surface area contributed by atoms with Crippen molar-refractivity contribution in [2.75, 3.05) is 5.32 Å². The maximum Gasteiger partial charge on any atom is 0.150 e. The molecule has 0 aliphatic heterocycles. The van der Waals surface area contributed by atoms with Gasteiger partial charge in [0, 0.05) is 6.04 Å². The number of pyridine rings is 1. The molecule has 1 fully saturated rings. The lowest BCUT2D eigenvalue weighted by Gasteiger charge is -2.35. The van der Waals surface area contributed by atoms with Crippen LogP contribution in [0.25, 0.3) is 0 Å². The summed E-state index contributed by atoms with van der Waals surface area (Å²) in [7, 11) is 0. The number of rotatable bonds is 2. The van der Waals surface area contributed by atoms with E-state index in [-0.39, 0.29) is 5.15 Å². The molecule has 2 unspecified atom stereocenters. The molecule has 1 aliphatic rings. The predicted molar refractivity (Wildman–Crippen MR) is 65.1 cm³/mol. The molecular formula is C10H11Cl3N2. The fourth-order valence-electron chi connectivity index (χ4n) is 1.60. The van der Waals surface area contributed by atoms with Gasteiger partial charge in [0.1, 0.15) is 11.0 Å². The van der Waals surface area contributed by atoms with Gasteiger partial charge in [-0.3, -0.25) is 0 Å². The Balaban J connectivity index is 2.17. The predicted octanol–water partition coefficient (Wildman–Crippen LogP) is 4.25. The highest BCUT2D eigenvalue weighted by molar-refractivity contribution is 6.42. The zero-order chi connectivity index (χ0) is 11.0. The molecular weight excluding hydrogens is 254 g/mol. The molecule has 0 spiro atoms. The largest absolute Gasteiger partial charge is 0.366 e. The van der Waals surface area contributed by atoms with Crippen molar-refractivity contribution in [1.29, 1.82) is 0 Å². The maximum absolute atomic E-state index is 6.01. The van der Waals surface area contributed by atoms with E-state index in [2.05, 4.69) is 17.2 Å². The van der Waals surface area contributed by atoms with Crippen LogP contribution in [0, 0.1) is 5.92 Å². The van der Waals surface area contributed by atoms with Crippen LogP contribution in [-0.2, 0) is 0 Å². The lowest BCUT2D eigenvalue weighted by atomic mass is 9.81. The lowest BCUT2D eigenvalue weighted by Crippen LogP contribution is -2.36. The Kier molecular flexibility index (Phi) is 3.29.